The van der Waals surface area contributed by atoms with E-state index in [9.17, 15) is 0 Å². The molecular formula is C13H16ClN. The first-order valence-electron chi connectivity index (χ1n) is 4.99. The normalized spacial score (nSPS) is 12.1. The van der Waals surface area contributed by atoms with E-state index in [-0.39, 0.29) is 18.4 Å². The Morgan fingerprint density at radius 3 is 2.40 bits per heavy atom. The third kappa shape index (κ3) is 2.95. The zero-order chi connectivity index (χ0) is 9.97. The van der Waals surface area contributed by atoms with E-state index in [4.69, 9.17) is 5.73 Å². The van der Waals surface area contributed by atoms with E-state index in [2.05, 4.69) is 42.5 Å². The summed E-state index contributed by atoms with van der Waals surface area (Å²) < 4.78 is 0. The second-order valence-corrected chi connectivity index (χ2v) is 3.86. The van der Waals surface area contributed by atoms with E-state index >= 15 is 0 Å². The van der Waals surface area contributed by atoms with Crippen molar-refractivity contribution in [3.8, 4) is 0 Å². The Bertz CT molecular complexity index is 437. The number of rotatable bonds is 2. The van der Waals surface area contributed by atoms with Crippen LogP contribution in [0.5, 0.6) is 0 Å². The summed E-state index contributed by atoms with van der Waals surface area (Å²) in [6, 6.07) is 15.2. The van der Waals surface area contributed by atoms with Crippen molar-refractivity contribution >= 4 is 23.2 Å². The summed E-state index contributed by atoms with van der Waals surface area (Å²) in [4.78, 5) is 0. The molecule has 1 unspecified atom stereocenters. The fraction of sp³-hybridized carbons (Fsp3) is 0.231. The monoisotopic (exact) mass is 221 g/mol. The second-order valence-electron chi connectivity index (χ2n) is 3.86. The molecule has 0 saturated heterocycles. The molecule has 0 aliphatic rings. The van der Waals surface area contributed by atoms with E-state index in [1.807, 2.05) is 6.92 Å². The maximum Gasteiger partial charge on any atom is 0.00509 e. The highest BCUT2D eigenvalue weighted by molar-refractivity contribution is 5.85. The number of fused-ring (bicyclic) bond motifs is 1. The quantitative estimate of drug-likeness (QED) is 0.829. The number of hydrogen-bond donors (Lipinski definition) is 1. The molecule has 0 fully saturated rings. The molecule has 0 heterocycles. The lowest BCUT2D eigenvalue weighted by Crippen LogP contribution is -2.17. The van der Waals surface area contributed by atoms with Crippen LogP contribution in [0.3, 0.4) is 0 Å². The SMILES string of the molecule is CC(N)Cc1ccc2ccccc2c1.Cl. The van der Waals surface area contributed by atoms with Crippen molar-refractivity contribution in [2.75, 3.05) is 0 Å². The smallest absolute Gasteiger partial charge is 0.00509 e. The van der Waals surface area contributed by atoms with Crippen molar-refractivity contribution < 1.29 is 0 Å². The minimum Gasteiger partial charge on any atom is -0.328 e. The van der Waals surface area contributed by atoms with Crippen LogP contribution in [0.1, 0.15) is 12.5 Å². The molecule has 1 atom stereocenters. The summed E-state index contributed by atoms with van der Waals surface area (Å²) in [5, 5.41) is 2.59. The van der Waals surface area contributed by atoms with Gasteiger partial charge in [-0.3, -0.25) is 0 Å². The summed E-state index contributed by atoms with van der Waals surface area (Å²) >= 11 is 0. The lowest BCUT2D eigenvalue weighted by Gasteiger charge is -2.06. The van der Waals surface area contributed by atoms with Crippen molar-refractivity contribution in [2.24, 2.45) is 5.73 Å². The van der Waals surface area contributed by atoms with Gasteiger partial charge in [-0.05, 0) is 29.7 Å². The zero-order valence-corrected chi connectivity index (χ0v) is 9.63. The maximum absolute atomic E-state index is 5.77. The largest absolute Gasteiger partial charge is 0.328 e. The molecule has 0 spiro atoms. The molecule has 1 nitrogen and oxygen atoms in total. The first-order valence-corrected chi connectivity index (χ1v) is 4.99. The van der Waals surface area contributed by atoms with Gasteiger partial charge in [-0.25, -0.2) is 0 Å². The Kier molecular flexibility index (Phi) is 4.13. The van der Waals surface area contributed by atoms with Gasteiger partial charge in [0.15, 0.2) is 0 Å². The fourth-order valence-electron chi connectivity index (χ4n) is 1.74. The Morgan fingerprint density at radius 2 is 1.73 bits per heavy atom. The molecule has 0 aliphatic carbocycles. The first kappa shape index (κ1) is 12.0. The molecule has 2 aromatic carbocycles. The third-order valence-electron chi connectivity index (χ3n) is 2.37. The van der Waals surface area contributed by atoms with E-state index in [0.717, 1.165) is 6.42 Å². The first-order chi connectivity index (χ1) is 6.75. The summed E-state index contributed by atoms with van der Waals surface area (Å²) in [6.45, 7) is 2.04. The maximum atomic E-state index is 5.77. The standard InChI is InChI=1S/C13H15N.ClH/c1-10(14)8-11-6-7-12-4-2-3-5-13(12)9-11;/h2-7,9-10H,8,14H2,1H3;1H. The molecule has 0 saturated carbocycles. The van der Waals surface area contributed by atoms with E-state index in [0.29, 0.717) is 0 Å². The summed E-state index contributed by atoms with van der Waals surface area (Å²) in [5.74, 6) is 0. The van der Waals surface area contributed by atoms with Crippen LogP contribution in [-0.2, 0) is 6.42 Å². The van der Waals surface area contributed by atoms with Crippen molar-refractivity contribution in [3.63, 3.8) is 0 Å². The number of hydrogen-bond acceptors (Lipinski definition) is 1. The zero-order valence-electron chi connectivity index (χ0n) is 8.81. The third-order valence-corrected chi connectivity index (χ3v) is 2.37. The molecule has 2 rings (SSSR count). The van der Waals surface area contributed by atoms with Crippen molar-refractivity contribution in [2.45, 2.75) is 19.4 Å². The predicted octanol–water partition coefficient (Wildman–Crippen LogP) is 3.15. The van der Waals surface area contributed by atoms with E-state index in [1.54, 1.807) is 0 Å². The minimum absolute atomic E-state index is 0. The Labute approximate surface area is 96.7 Å². The van der Waals surface area contributed by atoms with E-state index < -0.39 is 0 Å². The van der Waals surface area contributed by atoms with Crippen molar-refractivity contribution in [1.29, 1.82) is 0 Å². The van der Waals surface area contributed by atoms with Crippen LogP contribution >= 0.6 is 12.4 Å². The fourth-order valence-corrected chi connectivity index (χ4v) is 1.74. The average Bonchev–Trinajstić information content (AvgIpc) is 2.17. The van der Waals surface area contributed by atoms with Crippen molar-refractivity contribution in [1.82, 2.24) is 0 Å². The summed E-state index contributed by atoms with van der Waals surface area (Å²) in [7, 11) is 0. The molecule has 2 N–H and O–H groups in total. The molecule has 80 valence electrons. The Morgan fingerprint density at radius 1 is 1.07 bits per heavy atom. The van der Waals surface area contributed by atoms with Crippen LogP contribution in [0.4, 0.5) is 0 Å². The van der Waals surface area contributed by atoms with Crippen LogP contribution < -0.4 is 5.73 Å². The molecule has 2 heteroatoms. The number of halogens is 1. The number of nitrogens with two attached hydrogens (primary N) is 1. The van der Waals surface area contributed by atoms with Gasteiger partial charge in [-0.1, -0.05) is 42.5 Å². The lowest BCUT2D eigenvalue weighted by molar-refractivity contribution is 0.739. The van der Waals surface area contributed by atoms with Crippen LogP contribution in [0, 0.1) is 0 Å². The summed E-state index contributed by atoms with van der Waals surface area (Å²) in [5.41, 5.74) is 7.09. The minimum atomic E-state index is 0. The topological polar surface area (TPSA) is 26.0 Å². The highest BCUT2D eigenvalue weighted by Crippen LogP contribution is 2.16. The van der Waals surface area contributed by atoms with Gasteiger partial charge < -0.3 is 5.73 Å². The highest BCUT2D eigenvalue weighted by Gasteiger charge is 1.98. The number of benzene rings is 2. The second kappa shape index (κ2) is 5.15. The van der Waals surface area contributed by atoms with Crippen LogP contribution in [0.15, 0.2) is 42.5 Å². The van der Waals surface area contributed by atoms with Crippen LogP contribution in [-0.4, -0.2) is 6.04 Å². The molecule has 0 bridgehead atoms. The average molecular weight is 222 g/mol. The molecule has 0 aliphatic heterocycles. The molecule has 15 heavy (non-hydrogen) atoms. The van der Waals surface area contributed by atoms with Crippen molar-refractivity contribution in [3.05, 3.63) is 48.0 Å². The van der Waals surface area contributed by atoms with Gasteiger partial charge >= 0.3 is 0 Å². The molecule has 0 amide bonds. The molecular weight excluding hydrogens is 206 g/mol. The molecule has 2 aromatic rings. The van der Waals surface area contributed by atoms with E-state index in [1.165, 1.54) is 16.3 Å². The Hall–Kier alpha value is -1.05. The van der Waals surface area contributed by atoms with Gasteiger partial charge in [-0.2, -0.15) is 0 Å². The van der Waals surface area contributed by atoms with Gasteiger partial charge in [0.2, 0.25) is 0 Å². The molecule has 0 aromatic heterocycles. The van der Waals surface area contributed by atoms with Gasteiger partial charge in [0.05, 0.1) is 0 Å². The Balaban J connectivity index is 0.00000112. The van der Waals surface area contributed by atoms with Gasteiger partial charge in [0, 0.05) is 6.04 Å². The van der Waals surface area contributed by atoms with Gasteiger partial charge in [0.1, 0.15) is 0 Å². The highest BCUT2D eigenvalue weighted by atomic mass is 35.5. The van der Waals surface area contributed by atoms with Crippen LogP contribution in [0.2, 0.25) is 0 Å². The lowest BCUT2D eigenvalue weighted by atomic mass is 10.0. The predicted molar refractivity (Wildman–Crippen MR) is 68.5 cm³/mol. The van der Waals surface area contributed by atoms with Crippen LogP contribution in [0.25, 0.3) is 10.8 Å². The van der Waals surface area contributed by atoms with Gasteiger partial charge in [-0.15, -0.1) is 12.4 Å². The summed E-state index contributed by atoms with van der Waals surface area (Å²) in [6.07, 6.45) is 0.949. The molecule has 0 radical (unpaired) electrons. The van der Waals surface area contributed by atoms with Gasteiger partial charge in [0.25, 0.3) is 0 Å².